The summed E-state index contributed by atoms with van der Waals surface area (Å²) in [5.41, 5.74) is 4.97. The van der Waals surface area contributed by atoms with Crippen LogP contribution < -0.4 is 11.1 Å². The number of thiazole rings is 1. The van der Waals surface area contributed by atoms with E-state index in [0.29, 0.717) is 0 Å². The summed E-state index contributed by atoms with van der Waals surface area (Å²) in [5, 5.41) is 13.3. The number of hydrogen-bond donors (Lipinski definition) is 3. The van der Waals surface area contributed by atoms with E-state index in [2.05, 4.69) is 10.3 Å². The lowest BCUT2D eigenvalue weighted by Crippen LogP contribution is -2.49. The largest absolute Gasteiger partial charge is 0.480 e. The van der Waals surface area contributed by atoms with Gasteiger partial charge in [-0.2, -0.15) is 0 Å². The summed E-state index contributed by atoms with van der Waals surface area (Å²) in [6, 6.07) is -0.974. The molecule has 1 heterocycles. The van der Waals surface area contributed by atoms with Gasteiger partial charge in [0.1, 0.15) is 11.7 Å². The second-order valence-corrected chi connectivity index (χ2v) is 5.57. The molecule has 1 amide bonds. The van der Waals surface area contributed by atoms with Crippen LogP contribution in [0.1, 0.15) is 31.3 Å². The van der Waals surface area contributed by atoms with Crippen LogP contribution in [0.2, 0.25) is 0 Å². The summed E-state index contributed by atoms with van der Waals surface area (Å²) in [5.74, 6) is -1.60. The molecule has 4 N–H and O–H groups in total. The van der Waals surface area contributed by atoms with E-state index in [-0.39, 0.29) is 10.8 Å². The highest BCUT2D eigenvalue weighted by molar-refractivity contribution is 7.13. The van der Waals surface area contributed by atoms with E-state index >= 15 is 0 Å². The zero-order valence-electron chi connectivity index (χ0n) is 9.85. The fraction of sp³-hybridized carbons (Fsp3) is 0.500. The summed E-state index contributed by atoms with van der Waals surface area (Å²) < 4.78 is 0. The minimum Gasteiger partial charge on any atom is -0.480 e. The highest BCUT2D eigenvalue weighted by atomic mass is 32.1. The zero-order valence-corrected chi connectivity index (χ0v) is 10.7. The van der Waals surface area contributed by atoms with E-state index in [0.717, 1.165) is 11.3 Å². The Bertz CT molecular complexity index is 436. The average Bonchev–Trinajstić information content (AvgIpc) is 2.58. The predicted molar refractivity (Wildman–Crippen MR) is 64.9 cm³/mol. The third-order valence-electron chi connectivity index (χ3n) is 2.14. The highest BCUT2D eigenvalue weighted by Crippen LogP contribution is 2.20. The van der Waals surface area contributed by atoms with Gasteiger partial charge in [0.05, 0.1) is 0 Å². The standard InChI is InChI=1S/C10H15N3O3S/c1-10(2,3)6(8(15)16)13-7(14)5-4-17-9(11)12-5/h4,6H,1-3H3,(H2,11,12)(H,13,14)(H,15,16). The van der Waals surface area contributed by atoms with Crippen LogP contribution in [0.25, 0.3) is 0 Å². The van der Waals surface area contributed by atoms with Crippen molar-refractivity contribution in [2.24, 2.45) is 5.41 Å². The number of hydrogen-bond acceptors (Lipinski definition) is 5. The first-order chi connectivity index (χ1) is 7.71. The van der Waals surface area contributed by atoms with E-state index in [1.165, 1.54) is 5.38 Å². The molecule has 1 atom stereocenters. The van der Waals surface area contributed by atoms with E-state index in [4.69, 9.17) is 10.8 Å². The molecule has 1 aromatic heterocycles. The molecule has 0 saturated heterocycles. The number of anilines is 1. The van der Waals surface area contributed by atoms with Crippen LogP contribution in [0, 0.1) is 5.41 Å². The number of carbonyl (C=O) groups is 2. The minimum atomic E-state index is -1.07. The van der Waals surface area contributed by atoms with E-state index in [1.54, 1.807) is 20.8 Å². The van der Waals surface area contributed by atoms with Crippen LogP contribution in [0.3, 0.4) is 0 Å². The molecule has 94 valence electrons. The van der Waals surface area contributed by atoms with Crippen molar-refractivity contribution in [3.8, 4) is 0 Å². The zero-order chi connectivity index (χ0) is 13.2. The fourth-order valence-electron chi connectivity index (χ4n) is 1.25. The summed E-state index contributed by atoms with van der Waals surface area (Å²) in [4.78, 5) is 26.6. The Kier molecular flexibility index (Phi) is 3.72. The Balaban J connectivity index is 2.82. The predicted octanol–water partition coefficient (Wildman–Crippen LogP) is 0.954. The van der Waals surface area contributed by atoms with E-state index in [1.807, 2.05) is 0 Å². The Hall–Kier alpha value is -1.63. The number of amides is 1. The third kappa shape index (κ3) is 3.42. The summed E-state index contributed by atoms with van der Waals surface area (Å²) >= 11 is 1.13. The molecule has 1 aromatic rings. The van der Waals surface area contributed by atoms with Crippen LogP contribution in [-0.4, -0.2) is 28.0 Å². The number of nitrogen functional groups attached to an aromatic ring is 1. The van der Waals surface area contributed by atoms with Gasteiger partial charge >= 0.3 is 5.97 Å². The molecule has 0 aliphatic rings. The van der Waals surface area contributed by atoms with Crippen LogP contribution in [0.15, 0.2) is 5.38 Å². The lowest BCUT2D eigenvalue weighted by molar-refractivity contribution is -0.142. The Morgan fingerprint density at radius 2 is 2.12 bits per heavy atom. The normalized spacial score (nSPS) is 13.1. The molecular weight excluding hydrogens is 242 g/mol. The van der Waals surface area contributed by atoms with Crippen molar-refractivity contribution < 1.29 is 14.7 Å². The van der Waals surface area contributed by atoms with E-state index < -0.39 is 23.3 Å². The lowest BCUT2D eigenvalue weighted by Gasteiger charge is -2.27. The van der Waals surface area contributed by atoms with Gasteiger partial charge in [-0.3, -0.25) is 4.79 Å². The molecule has 6 nitrogen and oxygen atoms in total. The molecule has 0 aliphatic heterocycles. The van der Waals surface area contributed by atoms with Gasteiger partial charge in [-0.1, -0.05) is 20.8 Å². The smallest absolute Gasteiger partial charge is 0.326 e. The molecule has 0 saturated carbocycles. The second kappa shape index (κ2) is 4.70. The summed E-state index contributed by atoms with van der Waals surface area (Å²) in [7, 11) is 0. The van der Waals surface area contributed by atoms with Crippen molar-refractivity contribution >= 4 is 28.3 Å². The van der Waals surface area contributed by atoms with Crippen LogP contribution >= 0.6 is 11.3 Å². The number of carboxylic acid groups (broad SMARTS) is 1. The topological polar surface area (TPSA) is 105 Å². The molecule has 0 bridgehead atoms. The number of nitrogens with zero attached hydrogens (tertiary/aromatic N) is 1. The van der Waals surface area contributed by atoms with Crippen molar-refractivity contribution in [3.05, 3.63) is 11.1 Å². The van der Waals surface area contributed by atoms with Gasteiger partial charge in [0, 0.05) is 5.38 Å². The van der Waals surface area contributed by atoms with Gasteiger partial charge < -0.3 is 16.2 Å². The van der Waals surface area contributed by atoms with E-state index in [9.17, 15) is 9.59 Å². The molecule has 7 heteroatoms. The third-order valence-corrected chi connectivity index (χ3v) is 2.82. The average molecular weight is 257 g/mol. The Morgan fingerprint density at radius 3 is 2.47 bits per heavy atom. The van der Waals surface area contributed by atoms with Gasteiger partial charge in [-0.05, 0) is 5.41 Å². The Labute approximate surface area is 103 Å². The van der Waals surface area contributed by atoms with Crippen LogP contribution in [0.5, 0.6) is 0 Å². The minimum absolute atomic E-state index is 0.142. The molecule has 1 unspecified atom stereocenters. The number of nitrogens with one attached hydrogen (secondary N) is 1. The number of aliphatic carboxylic acids is 1. The molecule has 0 fully saturated rings. The quantitative estimate of drug-likeness (QED) is 0.747. The molecule has 0 aromatic carbocycles. The first-order valence-corrected chi connectivity index (χ1v) is 5.84. The molecule has 1 rings (SSSR count). The molecule has 17 heavy (non-hydrogen) atoms. The van der Waals surface area contributed by atoms with Gasteiger partial charge in [0.2, 0.25) is 0 Å². The number of nitrogens with two attached hydrogens (primary N) is 1. The van der Waals surface area contributed by atoms with Crippen molar-refractivity contribution in [1.29, 1.82) is 0 Å². The maximum absolute atomic E-state index is 11.7. The van der Waals surface area contributed by atoms with Crippen LogP contribution in [0.4, 0.5) is 5.13 Å². The number of rotatable bonds is 3. The maximum atomic E-state index is 11.7. The van der Waals surface area contributed by atoms with Gasteiger partial charge in [-0.15, -0.1) is 11.3 Å². The first kappa shape index (κ1) is 13.4. The second-order valence-electron chi connectivity index (χ2n) is 4.68. The Morgan fingerprint density at radius 1 is 1.53 bits per heavy atom. The van der Waals surface area contributed by atoms with Crippen molar-refractivity contribution in [2.45, 2.75) is 26.8 Å². The van der Waals surface area contributed by atoms with Gasteiger partial charge in [0.15, 0.2) is 5.13 Å². The van der Waals surface area contributed by atoms with Crippen molar-refractivity contribution in [1.82, 2.24) is 10.3 Å². The number of carboxylic acids is 1. The van der Waals surface area contributed by atoms with Crippen LogP contribution in [-0.2, 0) is 4.79 Å². The fourth-order valence-corrected chi connectivity index (χ4v) is 1.79. The maximum Gasteiger partial charge on any atom is 0.326 e. The summed E-state index contributed by atoms with van der Waals surface area (Å²) in [6.45, 7) is 5.21. The molecule has 0 spiro atoms. The van der Waals surface area contributed by atoms with Crippen molar-refractivity contribution in [2.75, 3.05) is 5.73 Å². The van der Waals surface area contributed by atoms with Gasteiger partial charge in [0.25, 0.3) is 5.91 Å². The number of carbonyl (C=O) groups excluding carboxylic acids is 1. The van der Waals surface area contributed by atoms with Gasteiger partial charge in [-0.25, -0.2) is 9.78 Å². The lowest BCUT2D eigenvalue weighted by atomic mass is 9.87. The number of aromatic nitrogens is 1. The monoisotopic (exact) mass is 257 g/mol. The molecular formula is C10H15N3O3S. The first-order valence-electron chi connectivity index (χ1n) is 4.96. The van der Waals surface area contributed by atoms with Crippen molar-refractivity contribution in [3.63, 3.8) is 0 Å². The SMILES string of the molecule is CC(C)(C)C(NC(=O)c1csc(N)n1)C(=O)O. The molecule has 0 aliphatic carbocycles. The summed E-state index contributed by atoms with van der Waals surface area (Å²) in [6.07, 6.45) is 0. The highest BCUT2D eigenvalue weighted by Gasteiger charge is 2.33. The molecule has 0 radical (unpaired) electrons.